The number of anilines is 1. The van der Waals surface area contributed by atoms with Crippen LogP contribution in [0.1, 0.15) is 29.5 Å². The molecular formula is C25H26F3N5O2. The second-order valence-corrected chi connectivity index (χ2v) is 9.17. The highest BCUT2D eigenvalue weighted by Gasteiger charge is 2.43. The number of benzene rings is 1. The molecule has 0 bridgehead atoms. The number of piperidine rings is 1. The van der Waals surface area contributed by atoms with Crippen molar-refractivity contribution in [1.82, 2.24) is 9.88 Å². The van der Waals surface area contributed by atoms with Crippen LogP contribution in [0.2, 0.25) is 0 Å². The van der Waals surface area contributed by atoms with Crippen molar-refractivity contribution < 1.29 is 22.8 Å². The van der Waals surface area contributed by atoms with Crippen LogP contribution in [-0.4, -0.2) is 47.9 Å². The fourth-order valence-corrected chi connectivity index (χ4v) is 5.25. The Morgan fingerprint density at radius 3 is 2.51 bits per heavy atom. The molecule has 1 aromatic carbocycles. The number of likely N-dealkylation sites (tertiary alicyclic amines) is 1. The zero-order valence-corrected chi connectivity index (χ0v) is 19.0. The van der Waals surface area contributed by atoms with Gasteiger partial charge in [-0.05, 0) is 54.5 Å². The molecule has 2 fully saturated rings. The average Bonchev–Trinajstić information content (AvgIpc) is 3.30. The normalized spacial score (nSPS) is 21.1. The SMILES string of the molecule is N#Cc1ccc(N2C[C@@H](C(N)=O)[C@H](C3CCN(C(=O)Cc4cccnc4)CC3)C2)cc1C(F)(F)F. The van der Waals surface area contributed by atoms with E-state index in [9.17, 15) is 22.8 Å². The average molecular weight is 486 g/mol. The van der Waals surface area contributed by atoms with Crippen LogP contribution < -0.4 is 10.6 Å². The molecule has 2 aromatic rings. The lowest BCUT2D eigenvalue weighted by Gasteiger charge is -2.36. The molecule has 0 spiro atoms. The summed E-state index contributed by atoms with van der Waals surface area (Å²) in [5.41, 5.74) is 5.42. The first-order chi connectivity index (χ1) is 16.7. The van der Waals surface area contributed by atoms with Crippen LogP contribution in [0.5, 0.6) is 0 Å². The standard InChI is InChI=1S/C25H26F3N5O2/c26-25(27,28)22-11-19(4-3-18(22)12-29)33-14-20(21(15-33)24(30)35)17-5-8-32(9-6-17)23(34)10-16-2-1-7-31-13-16/h1-4,7,11,13,17,20-21H,5-6,8-10,14-15H2,(H2,30,35)/t20-,21+/m0/s1. The largest absolute Gasteiger partial charge is 0.417 e. The Morgan fingerprint density at radius 1 is 1.17 bits per heavy atom. The predicted octanol–water partition coefficient (Wildman–Crippen LogP) is 2.99. The van der Waals surface area contributed by atoms with Gasteiger partial charge in [0.25, 0.3) is 0 Å². The van der Waals surface area contributed by atoms with E-state index < -0.39 is 29.1 Å². The van der Waals surface area contributed by atoms with Crippen LogP contribution in [0, 0.1) is 29.1 Å². The van der Waals surface area contributed by atoms with Crippen molar-refractivity contribution in [3.8, 4) is 6.07 Å². The third-order valence-corrected chi connectivity index (χ3v) is 7.10. The van der Waals surface area contributed by atoms with E-state index >= 15 is 0 Å². The van der Waals surface area contributed by atoms with Crippen LogP contribution in [-0.2, 0) is 22.2 Å². The van der Waals surface area contributed by atoms with Gasteiger partial charge < -0.3 is 15.5 Å². The number of amides is 2. The lowest BCUT2D eigenvalue weighted by Crippen LogP contribution is -2.43. The molecule has 2 aliphatic rings. The van der Waals surface area contributed by atoms with Crippen molar-refractivity contribution in [3.05, 3.63) is 59.4 Å². The second kappa shape index (κ2) is 9.94. The first kappa shape index (κ1) is 24.5. The highest BCUT2D eigenvalue weighted by molar-refractivity contribution is 5.79. The number of carbonyl (C=O) groups is 2. The summed E-state index contributed by atoms with van der Waals surface area (Å²) in [4.78, 5) is 32.5. The second-order valence-electron chi connectivity index (χ2n) is 9.17. The fourth-order valence-electron chi connectivity index (χ4n) is 5.25. The monoisotopic (exact) mass is 485 g/mol. The predicted molar refractivity (Wildman–Crippen MR) is 122 cm³/mol. The zero-order valence-electron chi connectivity index (χ0n) is 19.0. The first-order valence-corrected chi connectivity index (χ1v) is 11.5. The summed E-state index contributed by atoms with van der Waals surface area (Å²) < 4.78 is 40.3. The Kier molecular flexibility index (Phi) is 6.96. The number of pyridine rings is 1. The molecule has 0 aliphatic carbocycles. The number of carbonyl (C=O) groups excluding carboxylic acids is 2. The number of alkyl halides is 3. The Morgan fingerprint density at radius 2 is 1.91 bits per heavy atom. The van der Waals surface area contributed by atoms with Gasteiger partial charge in [-0.15, -0.1) is 0 Å². The van der Waals surface area contributed by atoms with E-state index in [2.05, 4.69) is 4.98 Å². The molecule has 0 saturated carbocycles. The molecule has 7 nitrogen and oxygen atoms in total. The van der Waals surface area contributed by atoms with Crippen molar-refractivity contribution in [1.29, 1.82) is 5.26 Å². The molecule has 3 heterocycles. The minimum Gasteiger partial charge on any atom is -0.370 e. The maximum absolute atomic E-state index is 13.4. The molecule has 35 heavy (non-hydrogen) atoms. The molecule has 2 aliphatic heterocycles. The minimum absolute atomic E-state index is 0.0215. The van der Waals surface area contributed by atoms with Crippen molar-refractivity contribution in [2.75, 3.05) is 31.1 Å². The number of primary amides is 1. The number of rotatable bonds is 5. The molecule has 2 amide bonds. The fraction of sp³-hybridized carbons (Fsp3) is 0.440. The number of nitrogens with two attached hydrogens (primary N) is 1. The Bertz CT molecular complexity index is 1120. The van der Waals surface area contributed by atoms with Gasteiger partial charge in [0.05, 0.1) is 29.5 Å². The van der Waals surface area contributed by atoms with Crippen LogP contribution >= 0.6 is 0 Å². The molecule has 0 radical (unpaired) electrons. The molecule has 4 rings (SSSR count). The number of aromatic nitrogens is 1. The molecule has 2 N–H and O–H groups in total. The molecular weight excluding hydrogens is 459 g/mol. The van der Waals surface area contributed by atoms with Crippen molar-refractivity contribution in [2.24, 2.45) is 23.5 Å². The molecule has 10 heteroatoms. The van der Waals surface area contributed by atoms with E-state index in [0.717, 1.165) is 17.7 Å². The van der Waals surface area contributed by atoms with E-state index in [-0.39, 0.29) is 30.7 Å². The van der Waals surface area contributed by atoms with Gasteiger partial charge in [0.15, 0.2) is 0 Å². The lowest BCUT2D eigenvalue weighted by atomic mass is 9.78. The Hall–Kier alpha value is -3.61. The van der Waals surface area contributed by atoms with Gasteiger partial charge in [-0.2, -0.15) is 18.4 Å². The number of nitriles is 1. The van der Waals surface area contributed by atoms with E-state index in [1.165, 1.54) is 6.07 Å². The zero-order chi connectivity index (χ0) is 25.2. The highest BCUT2D eigenvalue weighted by Crippen LogP contribution is 2.40. The topological polar surface area (TPSA) is 103 Å². The molecule has 0 unspecified atom stereocenters. The van der Waals surface area contributed by atoms with E-state index in [1.807, 2.05) is 11.0 Å². The maximum atomic E-state index is 13.4. The lowest BCUT2D eigenvalue weighted by molar-refractivity contribution is -0.137. The van der Waals surface area contributed by atoms with Crippen LogP contribution in [0.4, 0.5) is 18.9 Å². The van der Waals surface area contributed by atoms with E-state index in [1.54, 1.807) is 29.4 Å². The summed E-state index contributed by atoms with van der Waals surface area (Å²) in [6.07, 6.45) is 0.340. The third-order valence-electron chi connectivity index (χ3n) is 7.10. The smallest absolute Gasteiger partial charge is 0.370 e. The van der Waals surface area contributed by atoms with Gasteiger partial charge in [0, 0.05) is 44.3 Å². The van der Waals surface area contributed by atoms with Gasteiger partial charge in [-0.3, -0.25) is 14.6 Å². The Balaban J connectivity index is 1.44. The minimum atomic E-state index is -4.65. The highest BCUT2D eigenvalue weighted by atomic mass is 19.4. The maximum Gasteiger partial charge on any atom is 0.417 e. The molecule has 184 valence electrons. The quantitative estimate of drug-likeness (QED) is 0.701. The third kappa shape index (κ3) is 5.39. The number of hydrogen-bond donors (Lipinski definition) is 1. The summed E-state index contributed by atoms with van der Waals surface area (Å²) in [6.45, 7) is 1.73. The summed E-state index contributed by atoms with van der Waals surface area (Å²) in [5.74, 6) is -0.943. The van der Waals surface area contributed by atoms with Gasteiger partial charge in [-0.25, -0.2) is 0 Å². The van der Waals surface area contributed by atoms with E-state index in [0.29, 0.717) is 38.2 Å². The molecule has 2 saturated heterocycles. The summed E-state index contributed by atoms with van der Waals surface area (Å²) >= 11 is 0. The first-order valence-electron chi connectivity index (χ1n) is 11.5. The Labute approximate surface area is 201 Å². The molecule has 1 aromatic heterocycles. The number of halogens is 3. The van der Waals surface area contributed by atoms with Gasteiger partial charge in [0.2, 0.25) is 11.8 Å². The van der Waals surface area contributed by atoms with E-state index in [4.69, 9.17) is 11.0 Å². The van der Waals surface area contributed by atoms with Crippen LogP contribution in [0.15, 0.2) is 42.7 Å². The van der Waals surface area contributed by atoms with Gasteiger partial charge >= 0.3 is 6.18 Å². The van der Waals surface area contributed by atoms with Crippen LogP contribution in [0.3, 0.4) is 0 Å². The van der Waals surface area contributed by atoms with Crippen LogP contribution in [0.25, 0.3) is 0 Å². The summed E-state index contributed by atoms with van der Waals surface area (Å²) in [6, 6.07) is 8.85. The number of nitrogens with zero attached hydrogens (tertiary/aromatic N) is 4. The molecule has 2 atom stereocenters. The number of hydrogen-bond acceptors (Lipinski definition) is 5. The van der Waals surface area contributed by atoms with Crippen molar-refractivity contribution in [2.45, 2.75) is 25.4 Å². The summed E-state index contributed by atoms with van der Waals surface area (Å²) in [7, 11) is 0. The van der Waals surface area contributed by atoms with Crippen molar-refractivity contribution in [3.63, 3.8) is 0 Å². The van der Waals surface area contributed by atoms with Crippen molar-refractivity contribution >= 4 is 17.5 Å². The van der Waals surface area contributed by atoms with Gasteiger partial charge in [0.1, 0.15) is 0 Å². The van der Waals surface area contributed by atoms with Gasteiger partial charge in [-0.1, -0.05) is 6.07 Å². The summed E-state index contributed by atoms with van der Waals surface area (Å²) in [5, 5.41) is 9.05.